The third-order valence-electron chi connectivity index (χ3n) is 5.04. The first-order valence-corrected chi connectivity index (χ1v) is 8.36. The molecule has 2 unspecified atom stereocenters. The van der Waals surface area contributed by atoms with E-state index in [1.54, 1.807) is 0 Å². The van der Waals surface area contributed by atoms with E-state index in [1.165, 1.54) is 25.7 Å². The van der Waals surface area contributed by atoms with Gasteiger partial charge >= 0.3 is 0 Å². The summed E-state index contributed by atoms with van der Waals surface area (Å²) in [6, 6.07) is 0. The topological polar surface area (TPSA) is 40.5 Å². The maximum absolute atomic E-state index is 10.9. The Morgan fingerprint density at radius 2 is 1.26 bits per heavy atom. The summed E-state index contributed by atoms with van der Waals surface area (Å²) in [5, 5.41) is 21.1. The van der Waals surface area contributed by atoms with Gasteiger partial charge in [-0.15, -0.1) is 0 Å². The fraction of sp³-hybridized carbons (Fsp3) is 1.00. The SMILES string of the molecule is CCCCC(CCCC)C(O)C(CC)(CC)C(C)O. The van der Waals surface area contributed by atoms with E-state index in [2.05, 4.69) is 27.7 Å². The Morgan fingerprint density at radius 3 is 1.53 bits per heavy atom. The Morgan fingerprint density at radius 1 is 0.842 bits per heavy atom. The van der Waals surface area contributed by atoms with Crippen LogP contribution in [-0.4, -0.2) is 22.4 Å². The first-order chi connectivity index (χ1) is 8.99. The molecule has 0 aromatic carbocycles. The van der Waals surface area contributed by atoms with Crippen molar-refractivity contribution in [3.8, 4) is 0 Å². The summed E-state index contributed by atoms with van der Waals surface area (Å²) in [4.78, 5) is 0. The molecule has 0 bridgehead atoms. The smallest absolute Gasteiger partial charge is 0.0648 e. The molecule has 0 amide bonds. The maximum Gasteiger partial charge on any atom is 0.0648 e. The van der Waals surface area contributed by atoms with Crippen molar-refractivity contribution in [2.45, 2.75) is 98.2 Å². The van der Waals surface area contributed by atoms with E-state index in [4.69, 9.17) is 0 Å². The van der Waals surface area contributed by atoms with Crippen LogP contribution in [0.1, 0.15) is 86.0 Å². The first-order valence-electron chi connectivity index (χ1n) is 8.36. The van der Waals surface area contributed by atoms with Gasteiger partial charge in [0.2, 0.25) is 0 Å². The summed E-state index contributed by atoms with van der Waals surface area (Å²) >= 11 is 0. The van der Waals surface area contributed by atoms with Crippen molar-refractivity contribution in [3.05, 3.63) is 0 Å². The predicted molar refractivity (Wildman–Crippen MR) is 83.2 cm³/mol. The normalized spacial score (nSPS) is 15.8. The quantitative estimate of drug-likeness (QED) is 0.580. The molecular formula is C17H36O2. The highest BCUT2D eigenvalue weighted by molar-refractivity contribution is 4.92. The van der Waals surface area contributed by atoms with E-state index in [0.717, 1.165) is 25.7 Å². The Hall–Kier alpha value is -0.0800. The van der Waals surface area contributed by atoms with Gasteiger partial charge in [0.25, 0.3) is 0 Å². The molecule has 2 N–H and O–H groups in total. The van der Waals surface area contributed by atoms with Gasteiger partial charge in [-0.2, -0.15) is 0 Å². The lowest BCUT2D eigenvalue weighted by Gasteiger charge is -2.43. The number of aliphatic hydroxyl groups excluding tert-OH is 2. The number of aliphatic hydroxyl groups is 2. The highest BCUT2D eigenvalue weighted by atomic mass is 16.3. The minimum Gasteiger partial charge on any atom is -0.393 e. The number of hydrogen-bond acceptors (Lipinski definition) is 2. The summed E-state index contributed by atoms with van der Waals surface area (Å²) in [6.07, 6.45) is 7.75. The highest BCUT2D eigenvalue weighted by Gasteiger charge is 2.42. The van der Waals surface area contributed by atoms with Crippen LogP contribution in [0.25, 0.3) is 0 Å². The second kappa shape index (κ2) is 9.77. The molecule has 0 radical (unpaired) electrons. The molecule has 0 saturated heterocycles. The zero-order chi connectivity index (χ0) is 14.9. The monoisotopic (exact) mass is 272 g/mol. The van der Waals surface area contributed by atoms with E-state index in [-0.39, 0.29) is 11.5 Å². The summed E-state index contributed by atoms with van der Waals surface area (Å²) in [6.45, 7) is 10.4. The Balaban J connectivity index is 4.93. The largest absolute Gasteiger partial charge is 0.393 e. The van der Waals surface area contributed by atoms with Crippen LogP contribution < -0.4 is 0 Å². The number of hydrogen-bond donors (Lipinski definition) is 2. The lowest BCUT2D eigenvalue weighted by atomic mass is 9.67. The van der Waals surface area contributed by atoms with Crippen molar-refractivity contribution < 1.29 is 10.2 Å². The average Bonchev–Trinajstić information content (AvgIpc) is 2.40. The van der Waals surface area contributed by atoms with Gasteiger partial charge in [-0.3, -0.25) is 0 Å². The molecule has 0 rings (SSSR count). The van der Waals surface area contributed by atoms with Crippen LogP contribution in [0.5, 0.6) is 0 Å². The van der Waals surface area contributed by atoms with Crippen LogP contribution in [0, 0.1) is 11.3 Å². The average molecular weight is 272 g/mol. The fourth-order valence-electron chi connectivity index (χ4n) is 3.37. The molecule has 0 aliphatic rings. The zero-order valence-electron chi connectivity index (χ0n) is 13.8. The van der Waals surface area contributed by atoms with Gasteiger partial charge < -0.3 is 10.2 Å². The maximum atomic E-state index is 10.9. The van der Waals surface area contributed by atoms with E-state index in [9.17, 15) is 10.2 Å². The van der Waals surface area contributed by atoms with E-state index >= 15 is 0 Å². The molecule has 2 nitrogen and oxygen atoms in total. The van der Waals surface area contributed by atoms with Crippen molar-refractivity contribution in [1.82, 2.24) is 0 Å². The molecule has 0 aromatic rings. The van der Waals surface area contributed by atoms with Gasteiger partial charge in [0.05, 0.1) is 12.2 Å². The van der Waals surface area contributed by atoms with E-state index in [0.29, 0.717) is 5.92 Å². The van der Waals surface area contributed by atoms with Crippen molar-refractivity contribution in [2.24, 2.45) is 11.3 Å². The molecule has 19 heavy (non-hydrogen) atoms. The molecule has 0 heterocycles. The Bertz CT molecular complexity index is 201. The molecule has 0 fully saturated rings. The standard InChI is InChI=1S/C17H36O2/c1-6-10-12-15(13-11-7-2)16(19)17(8-3,9-4)14(5)18/h14-16,18-19H,6-13H2,1-5H3. The van der Waals surface area contributed by atoms with Gasteiger partial charge in [0.1, 0.15) is 0 Å². The second-order valence-electron chi connectivity index (χ2n) is 6.11. The minimum absolute atomic E-state index is 0.327. The molecule has 0 aliphatic carbocycles. The lowest BCUT2D eigenvalue weighted by Crippen LogP contribution is -2.47. The van der Waals surface area contributed by atoms with E-state index in [1.807, 2.05) is 6.92 Å². The molecule has 0 spiro atoms. The summed E-state index contributed by atoms with van der Waals surface area (Å²) < 4.78 is 0. The van der Waals surface area contributed by atoms with Crippen molar-refractivity contribution in [3.63, 3.8) is 0 Å². The second-order valence-corrected chi connectivity index (χ2v) is 6.11. The van der Waals surface area contributed by atoms with Gasteiger partial charge in [-0.25, -0.2) is 0 Å². The van der Waals surface area contributed by atoms with Crippen molar-refractivity contribution >= 4 is 0 Å². The first kappa shape index (κ1) is 18.9. The van der Waals surface area contributed by atoms with Crippen LogP contribution in [0.4, 0.5) is 0 Å². The van der Waals surface area contributed by atoms with Crippen LogP contribution in [0.2, 0.25) is 0 Å². The number of unbranched alkanes of at least 4 members (excludes halogenated alkanes) is 2. The fourth-order valence-corrected chi connectivity index (χ4v) is 3.37. The molecule has 2 heteroatoms. The van der Waals surface area contributed by atoms with Crippen molar-refractivity contribution in [2.75, 3.05) is 0 Å². The number of rotatable bonds is 11. The third kappa shape index (κ3) is 5.07. The highest BCUT2D eigenvalue weighted by Crippen LogP contribution is 2.40. The van der Waals surface area contributed by atoms with Crippen LogP contribution in [0.3, 0.4) is 0 Å². The summed E-state index contributed by atoms with van der Waals surface area (Å²) in [5.41, 5.74) is -0.327. The van der Waals surface area contributed by atoms with Gasteiger partial charge in [0.15, 0.2) is 0 Å². The van der Waals surface area contributed by atoms with Gasteiger partial charge in [-0.1, -0.05) is 53.4 Å². The molecular weight excluding hydrogens is 236 g/mol. The summed E-state index contributed by atoms with van der Waals surface area (Å²) in [7, 11) is 0. The molecule has 116 valence electrons. The molecule has 0 aliphatic heterocycles. The predicted octanol–water partition coefficient (Wildman–Crippen LogP) is 4.53. The van der Waals surface area contributed by atoms with Gasteiger partial charge in [-0.05, 0) is 38.5 Å². The summed E-state index contributed by atoms with van der Waals surface area (Å²) in [5.74, 6) is 0.342. The van der Waals surface area contributed by atoms with Gasteiger partial charge in [0, 0.05) is 5.41 Å². The van der Waals surface area contributed by atoms with Crippen LogP contribution >= 0.6 is 0 Å². The van der Waals surface area contributed by atoms with Crippen molar-refractivity contribution in [1.29, 1.82) is 0 Å². The Labute approximate surface area is 120 Å². The molecule has 2 atom stereocenters. The molecule has 0 saturated carbocycles. The van der Waals surface area contributed by atoms with Crippen LogP contribution in [-0.2, 0) is 0 Å². The lowest BCUT2D eigenvalue weighted by molar-refractivity contribution is -0.0971. The minimum atomic E-state index is -0.441. The van der Waals surface area contributed by atoms with E-state index < -0.39 is 6.10 Å². The zero-order valence-corrected chi connectivity index (χ0v) is 13.8. The van der Waals surface area contributed by atoms with Crippen LogP contribution in [0.15, 0.2) is 0 Å². The Kier molecular flexibility index (Phi) is 9.72. The third-order valence-corrected chi connectivity index (χ3v) is 5.04. The molecule has 0 aromatic heterocycles.